The van der Waals surface area contributed by atoms with Crippen molar-refractivity contribution in [3.8, 4) is 0 Å². The Labute approximate surface area is 109 Å². The third-order valence-electron chi connectivity index (χ3n) is 2.84. The largest absolute Gasteiger partial charge is 0.324 e. The van der Waals surface area contributed by atoms with Crippen molar-refractivity contribution in [1.82, 2.24) is 5.32 Å². The molecule has 0 radical (unpaired) electrons. The van der Waals surface area contributed by atoms with Gasteiger partial charge in [0.25, 0.3) is 0 Å². The molecule has 0 heterocycles. The van der Waals surface area contributed by atoms with Gasteiger partial charge < -0.3 is 10.6 Å². The summed E-state index contributed by atoms with van der Waals surface area (Å²) >= 11 is 0. The molecule has 1 aromatic rings. The van der Waals surface area contributed by atoms with Gasteiger partial charge in [-0.15, -0.1) is 6.58 Å². The van der Waals surface area contributed by atoms with Crippen molar-refractivity contribution in [2.45, 2.75) is 26.7 Å². The van der Waals surface area contributed by atoms with Crippen LogP contribution in [0.5, 0.6) is 0 Å². The molecule has 0 aliphatic carbocycles. The maximum Gasteiger partial charge on any atom is 0.238 e. The van der Waals surface area contributed by atoms with E-state index in [1.807, 2.05) is 6.07 Å². The smallest absolute Gasteiger partial charge is 0.238 e. The van der Waals surface area contributed by atoms with E-state index in [0.29, 0.717) is 13.1 Å². The molecule has 0 saturated carbocycles. The lowest BCUT2D eigenvalue weighted by Gasteiger charge is -2.14. The van der Waals surface area contributed by atoms with Crippen LogP contribution in [0.1, 0.15) is 25.0 Å². The highest BCUT2D eigenvalue weighted by molar-refractivity contribution is 5.93. The lowest BCUT2D eigenvalue weighted by molar-refractivity contribution is -0.115. The van der Waals surface area contributed by atoms with Crippen molar-refractivity contribution < 1.29 is 4.79 Å². The van der Waals surface area contributed by atoms with E-state index in [2.05, 4.69) is 43.2 Å². The van der Waals surface area contributed by atoms with E-state index >= 15 is 0 Å². The van der Waals surface area contributed by atoms with Crippen LogP contribution in [0.2, 0.25) is 0 Å². The monoisotopic (exact) mass is 246 g/mol. The summed E-state index contributed by atoms with van der Waals surface area (Å²) in [6.07, 6.45) is 3.58. The van der Waals surface area contributed by atoms with E-state index in [4.69, 9.17) is 0 Å². The van der Waals surface area contributed by atoms with E-state index < -0.39 is 0 Å². The van der Waals surface area contributed by atoms with Crippen molar-refractivity contribution in [1.29, 1.82) is 0 Å². The van der Waals surface area contributed by atoms with Gasteiger partial charge in [0.2, 0.25) is 5.91 Å². The highest BCUT2D eigenvalue weighted by atomic mass is 16.1. The van der Waals surface area contributed by atoms with Crippen LogP contribution in [0.3, 0.4) is 0 Å². The first kappa shape index (κ1) is 14.5. The van der Waals surface area contributed by atoms with Crippen molar-refractivity contribution in [3.63, 3.8) is 0 Å². The molecule has 1 rings (SSSR count). The lowest BCUT2D eigenvalue weighted by atomic mass is 10.0. The van der Waals surface area contributed by atoms with E-state index in [9.17, 15) is 4.79 Å². The van der Waals surface area contributed by atoms with E-state index in [1.54, 1.807) is 6.08 Å². The van der Waals surface area contributed by atoms with Gasteiger partial charge in [0, 0.05) is 12.2 Å². The van der Waals surface area contributed by atoms with Crippen LogP contribution in [-0.2, 0) is 17.6 Å². The van der Waals surface area contributed by atoms with E-state index in [-0.39, 0.29) is 5.91 Å². The fraction of sp³-hybridized carbons (Fsp3) is 0.400. The summed E-state index contributed by atoms with van der Waals surface area (Å²) in [4.78, 5) is 11.8. The molecule has 0 aliphatic heterocycles. The Morgan fingerprint density at radius 3 is 2.39 bits per heavy atom. The van der Waals surface area contributed by atoms with Crippen LogP contribution in [0, 0.1) is 0 Å². The Morgan fingerprint density at radius 2 is 1.89 bits per heavy atom. The number of rotatable bonds is 7. The molecule has 0 aliphatic rings. The Balaban J connectivity index is 2.75. The fourth-order valence-electron chi connectivity index (χ4n) is 1.87. The number of aryl methyl sites for hydroxylation is 2. The zero-order chi connectivity index (χ0) is 13.4. The minimum Gasteiger partial charge on any atom is -0.324 e. The number of carbonyl (C=O) groups is 1. The molecule has 1 amide bonds. The van der Waals surface area contributed by atoms with Crippen molar-refractivity contribution in [3.05, 3.63) is 42.0 Å². The van der Waals surface area contributed by atoms with Gasteiger partial charge in [0.1, 0.15) is 0 Å². The summed E-state index contributed by atoms with van der Waals surface area (Å²) in [7, 11) is 0. The van der Waals surface area contributed by atoms with Crippen LogP contribution in [0.15, 0.2) is 30.9 Å². The third kappa shape index (κ3) is 4.00. The summed E-state index contributed by atoms with van der Waals surface area (Å²) < 4.78 is 0. The number of anilines is 1. The first-order chi connectivity index (χ1) is 8.72. The predicted molar refractivity (Wildman–Crippen MR) is 76.9 cm³/mol. The van der Waals surface area contributed by atoms with Gasteiger partial charge in [0.05, 0.1) is 6.54 Å². The Hall–Kier alpha value is -1.61. The number of para-hydroxylation sites is 1. The summed E-state index contributed by atoms with van der Waals surface area (Å²) in [5.41, 5.74) is 3.35. The molecule has 98 valence electrons. The summed E-state index contributed by atoms with van der Waals surface area (Å²) in [6, 6.07) is 6.17. The minimum atomic E-state index is -0.00699. The highest BCUT2D eigenvalue weighted by Gasteiger charge is 2.09. The average Bonchev–Trinajstić information content (AvgIpc) is 2.39. The van der Waals surface area contributed by atoms with Crippen LogP contribution in [0.4, 0.5) is 5.69 Å². The van der Waals surface area contributed by atoms with Crippen molar-refractivity contribution >= 4 is 11.6 Å². The molecule has 0 saturated heterocycles. The van der Waals surface area contributed by atoms with Crippen molar-refractivity contribution in [2.75, 3.05) is 18.4 Å². The summed E-state index contributed by atoms with van der Waals surface area (Å²) in [5.74, 6) is -0.00699. The van der Waals surface area contributed by atoms with Gasteiger partial charge in [-0.3, -0.25) is 4.79 Å². The molecule has 0 unspecified atom stereocenters. The van der Waals surface area contributed by atoms with Crippen LogP contribution in [0.25, 0.3) is 0 Å². The molecule has 0 bridgehead atoms. The molecule has 18 heavy (non-hydrogen) atoms. The molecule has 0 spiro atoms. The molecule has 2 N–H and O–H groups in total. The fourth-order valence-corrected chi connectivity index (χ4v) is 1.87. The average molecular weight is 246 g/mol. The number of hydrogen-bond acceptors (Lipinski definition) is 2. The number of benzene rings is 1. The minimum absolute atomic E-state index is 0.00699. The maximum atomic E-state index is 11.8. The second-order valence-electron chi connectivity index (χ2n) is 4.13. The topological polar surface area (TPSA) is 41.1 Å². The zero-order valence-corrected chi connectivity index (χ0v) is 11.3. The lowest BCUT2D eigenvalue weighted by Crippen LogP contribution is -2.28. The Kier molecular flexibility index (Phi) is 6.15. The third-order valence-corrected chi connectivity index (χ3v) is 2.84. The molecule has 0 fully saturated rings. The van der Waals surface area contributed by atoms with Gasteiger partial charge >= 0.3 is 0 Å². The number of amides is 1. The standard InChI is InChI=1S/C15H22N2O/c1-4-10-16-11-14(18)17-15-12(5-2)8-7-9-13(15)6-3/h4,7-9,16H,1,5-6,10-11H2,2-3H3,(H,17,18). The van der Waals surface area contributed by atoms with Gasteiger partial charge in [0.15, 0.2) is 0 Å². The second-order valence-corrected chi connectivity index (χ2v) is 4.13. The Morgan fingerprint density at radius 1 is 1.28 bits per heavy atom. The molecule has 3 nitrogen and oxygen atoms in total. The highest BCUT2D eigenvalue weighted by Crippen LogP contribution is 2.22. The van der Waals surface area contributed by atoms with Crippen LogP contribution in [-0.4, -0.2) is 19.0 Å². The van der Waals surface area contributed by atoms with E-state index in [1.165, 1.54) is 11.1 Å². The molecular formula is C15H22N2O. The van der Waals surface area contributed by atoms with Gasteiger partial charge in [-0.1, -0.05) is 38.1 Å². The SMILES string of the molecule is C=CCNCC(=O)Nc1c(CC)cccc1CC. The normalized spacial score (nSPS) is 10.1. The van der Waals surface area contributed by atoms with Gasteiger partial charge in [-0.25, -0.2) is 0 Å². The second kappa shape index (κ2) is 7.67. The predicted octanol–water partition coefficient (Wildman–Crippen LogP) is 2.53. The number of hydrogen-bond donors (Lipinski definition) is 2. The molecular weight excluding hydrogens is 224 g/mol. The first-order valence-corrected chi connectivity index (χ1v) is 6.45. The number of carbonyl (C=O) groups excluding carboxylic acids is 1. The Bertz CT molecular complexity index is 391. The van der Waals surface area contributed by atoms with E-state index in [0.717, 1.165) is 18.5 Å². The van der Waals surface area contributed by atoms with Crippen molar-refractivity contribution in [2.24, 2.45) is 0 Å². The number of nitrogens with one attached hydrogen (secondary N) is 2. The molecule has 1 aromatic carbocycles. The summed E-state index contributed by atoms with van der Waals surface area (Å²) in [5, 5.41) is 6.00. The molecule has 0 atom stereocenters. The van der Waals surface area contributed by atoms with Crippen LogP contribution < -0.4 is 10.6 Å². The quantitative estimate of drug-likeness (QED) is 0.573. The van der Waals surface area contributed by atoms with Gasteiger partial charge in [-0.05, 0) is 24.0 Å². The van der Waals surface area contributed by atoms with Gasteiger partial charge in [-0.2, -0.15) is 0 Å². The molecule has 3 heteroatoms. The zero-order valence-electron chi connectivity index (χ0n) is 11.3. The molecule has 0 aromatic heterocycles. The first-order valence-electron chi connectivity index (χ1n) is 6.45. The summed E-state index contributed by atoms with van der Waals surface area (Å²) in [6.45, 7) is 8.75. The van der Waals surface area contributed by atoms with Crippen LogP contribution >= 0.6 is 0 Å². The maximum absolute atomic E-state index is 11.8.